The molecule has 2 rings (SSSR count). The molecule has 0 aliphatic rings. The van der Waals surface area contributed by atoms with E-state index in [2.05, 4.69) is 10.5 Å². The standard InChI is InChI=1S/C14H13F3N2O3/c1-8-6-11(19-22-8)13(21)18-7-12(20)9-4-2-3-5-10(9)14(15,16)17/h2-6,12,20H,7H2,1H3,(H,18,21). The van der Waals surface area contributed by atoms with Crippen LogP contribution < -0.4 is 5.32 Å². The summed E-state index contributed by atoms with van der Waals surface area (Å²) in [5.74, 6) is -0.214. The number of hydrogen-bond donors (Lipinski definition) is 2. The van der Waals surface area contributed by atoms with Crippen LogP contribution in [0.1, 0.15) is 33.5 Å². The summed E-state index contributed by atoms with van der Waals surface area (Å²) in [5.41, 5.74) is -1.24. The van der Waals surface area contributed by atoms with Crippen LogP contribution in [0.25, 0.3) is 0 Å². The third kappa shape index (κ3) is 3.64. The molecule has 0 aliphatic carbocycles. The van der Waals surface area contributed by atoms with E-state index < -0.39 is 23.8 Å². The average Bonchev–Trinajstić information content (AvgIpc) is 2.90. The Hall–Kier alpha value is -2.35. The first-order valence-electron chi connectivity index (χ1n) is 6.34. The fraction of sp³-hybridized carbons (Fsp3) is 0.286. The lowest BCUT2D eigenvalue weighted by molar-refractivity contribution is -0.139. The molecule has 2 N–H and O–H groups in total. The molecule has 0 aliphatic heterocycles. The van der Waals surface area contributed by atoms with Crippen LogP contribution in [-0.2, 0) is 6.18 Å². The van der Waals surface area contributed by atoms with Gasteiger partial charge in [0.15, 0.2) is 5.69 Å². The number of nitrogens with zero attached hydrogens (tertiary/aromatic N) is 1. The van der Waals surface area contributed by atoms with Crippen molar-refractivity contribution in [2.24, 2.45) is 0 Å². The summed E-state index contributed by atoms with van der Waals surface area (Å²) in [4.78, 5) is 11.7. The maximum atomic E-state index is 12.9. The van der Waals surface area contributed by atoms with Gasteiger partial charge in [0.1, 0.15) is 5.76 Å². The maximum Gasteiger partial charge on any atom is 0.416 e. The van der Waals surface area contributed by atoms with Crippen LogP contribution >= 0.6 is 0 Å². The van der Waals surface area contributed by atoms with E-state index >= 15 is 0 Å². The monoisotopic (exact) mass is 314 g/mol. The Kier molecular flexibility index (Phi) is 4.51. The molecular weight excluding hydrogens is 301 g/mol. The number of aliphatic hydroxyl groups is 1. The third-order valence-electron chi connectivity index (χ3n) is 2.94. The number of hydrogen-bond acceptors (Lipinski definition) is 4. The second kappa shape index (κ2) is 6.18. The van der Waals surface area contributed by atoms with E-state index in [1.807, 2.05) is 0 Å². The molecule has 22 heavy (non-hydrogen) atoms. The molecule has 8 heteroatoms. The highest BCUT2D eigenvalue weighted by molar-refractivity contribution is 5.92. The molecular formula is C14H13F3N2O3. The van der Waals surface area contributed by atoms with Gasteiger partial charge in [-0.25, -0.2) is 0 Å². The van der Waals surface area contributed by atoms with Crippen LogP contribution in [0.3, 0.4) is 0 Å². The minimum Gasteiger partial charge on any atom is -0.387 e. The number of benzene rings is 1. The van der Waals surface area contributed by atoms with E-state index in [0.29, 0.717) is 5.76 Å². The number of aromatic nitrogens is 1. The lowest BCUT2D eigenvalue weighted by atomic mass is 10.0. The molecule has 118 valence electrons. The maximum absolute atomic E-state index is 12.9. The zero-order valence-corrected chi connectivity index (χ0v) is 11.5. The first-order valence-corrected chi connectivity index (χ1v) is 6.34. The first-order chi connectivity index (χ1) is 10.3. The van der Waals surface area contributed by atoms with E-state index in [-0.39, 0.29) is 17.8 Å². The van der Waals surface area contributed by atoms with Gasteiger partial charge in [-0.15, -0.1) is 0 Å². The highest BCUT2D eigenvalue weighted by Gasteiger charge is 2.34. The Labute approximate surface area is 123 Å². The van der Waals surface area contributed by atoms with Crippen LogP contribution in [-0.4, -0.2) is 22.7 Å². The predicted molar refractivity (Wildman–Crippen MR) is 70.0 cm³/mol. The Morgan fingerprint density at radius 1 is 1.41 bits per heavy atom. The molecule has 2 aromatic rings. The van der Waals surface area contributed by atoms with Gasteiger partial charge < -0.3 is 14.9 Å². The largest absolute Gasteiger partial charge is 0.416 e. The number of halogens is 3. The number of aryl methyl sites for hydroxylation is 1. The lowest BCUT2D eigenvalue weighted by Gasteiger charge is -2.17. The Balaban J connectivity index is 2.07. The van der Waals surface area contributed by atoms with Gasteiger partial charge in [-0.2, -0.15) is 13.2 Å². The van der Waals surface area contributed by atoms with Crippen molar-refractivity contribution in [3.63, 3.8) is 0 Å². The van der Waals surface area contributed by atoms with Gasteiger partial charge in [-0.05, 0) is 18.6 Å². The van der Waals surface area contributed by atoms with Crippen molar-refractivity contribution in [1.82, 2.24) is 10.5 Å². The van der Waals surface area contributed by atoms with E-state index in [9.17, 15) is 23.1 Å². The van der Waals surface area contributed by atoms with Gasteiger partial charge in [0, 0.05) is 12.6 Å². The van der Waals surface area contributed by atoms with Crippen LogP contribution in [0.4, 0.5) is 13.2 Å². The smallest absolute Gasteiger partial charge is 0.387 e. The van der Waals surface area contributed by atoms with Crippen molar-refractivity contribution in [3.8, 4) is 0 Å². The summed E-state index contributed by atoms with van der Waals surface area (Å²) in [5, 5.41) is 15.7. The molecule has 0 spiro atoms. The van der Waals surface area contributed by atoms with Gasteiger partial charge in [0.2, 0.25) is 0 Å². The van der Waals surface area contributed by atoms with Gasteiger partial charge in [-0.3, -0.25) is 4.79 Å². The number of alkyl halides is 3. The molecule has 0 saturated heterocycles. The summed E-state index contributed by atoms with van der Waals surface area (Å²) in [6, 6.07) is 6.04. The second-order valence-electron chi connectivity index (χ2n) is 4.63. The number of carbonyl (C=O) groups excluding carboxylic acids is 1. The fourth-order valence-electron chi connectivity index (χ4n) is 1.91. The van der Waals surface area contributed by atoms with Crippen molar-refractivity contribution in [2.75, 3.05) is 6.54 Å². The molecule has 1 unspecified atom stereocenters. The van der Waals surface area contributed by atoms with Crippen LogP contribution in [0.15, 0.2) is 34.9 Å². The molecule has 0 fully saturated rings. The summed E-state index contributed by atoms with van der Waals surface area (Å²) >= 11 is 0. The predicted octanol–water partition coefficient (Wildman–Crippen LogP) is 2.47. The Morgan fingerprint density at radius 3 is 2.68 bits per heavy atom. The normalized spacial score (nSPS) is 13.0. The van der Waals surface area contributed by atoms with Crippen LogP contribution in [0.2, 0.25) is 0 Å². The highest BCUT2D eigenvalue weighted by atomic mass is 19.4. The van der Waals surface area contributed by atoms with Crippen molar-refractivity contribution in [3.05, 3.63) is 52.9 Å². The van der Waals surface area contributed by atoms with E-state index in [1.54, 1.807) is 6.92 Å². The van der Waals surface area contributed by atoms with Gasteiger partial charge in [-0.1, -0.05) is 23.4 Å². The van der Waals surface area contributed by atoms with Crippen LogP contribution in [0, 0.1) is 6.92 Å². The molecule has 5 nitrogen and oxygen atoms in total. The SMILES string of the molecule is Cc1cc(C(=O)NCC(O)c2ccccc2C(F)(F)F)no1. The van der Waals surface area contributed by atoms with Crippen molar-refractivity contribution >= 4 is 5.91 Å². The number of nitrogens with one attached hydrogen (secondary N) is 1. The van der Waals surface area contributed by atoms with E-state index in [4.69, 9.17) is 4.52 Å². The third-order valence-corrected chi connectivity index (χ3v) is 2.94. The molecule has 1 atom stereocenters. The highest BCUT2D eigenvalue weighted by Crippen LogP contribution is 2.34. The van der Waals surface area contributed by atoms with Crippen molar-refractivity contribution < 1.29 is 27.6 Å². The number of rotatable bonds is 4. The molecule has 1 aromatic carbocycles. The summed E-state index contributed by atoms with van der Waals surface area (Å²) < 4.78 is 43.3. The van der Waals surface area contributed by atoms with E-state index in [0.717, 1.165) is 6.07 Å². The molecule has 0 radical (unpaired) electrons. The molecule has 1 amide bonds. The number of amides is 1. The second-order valence-corrected chi connectivity index (χ2v) is 4.63. The molecule has 1 aromatic heterocycles. The zero-order chi connectivity index (χ0) is 16.3. The number of carbonyl (C=O) groups is 1. The first kappa shape index (κ1) is 16.0. The van der Waals surface area contributed by atoms with E-state index in [1.165, 1.54) is 24.3 Å². The quantitative estimate of drug-likeness (QED) is 0.909. The molecule has 0 saturated carbocycles. The fourth-order valence-corrected chi connectivity index (χ4v) is 1.91. The van der Waals surface area contributed by atoms with Crippen molar-refractivity contribution in [1.29, 1.82) is 0 Å². The van der Waals surface area contributed by atoms with Crippen molar-refractivity contribution in [2.45, 2.75) is 19.2 Å². The summed E-state index contributed by atoms with van der Waals surface area (Å²) in [7, 11) is 0. The summed E-state index contributed by atoms with van der Waals surface area (Å²) in [6.07, 6.45) is -6.07. The Bertz CT molecular complexity index is 667. The van der Waals surface area contributed by atoms with Gasteiger partial charge in [0.25, 0.3) is 5.91 Å². The Morgan fingerprint density at radius 2 is 2.09 bits per heavy atom. The summed E-state index contributed by atoms with van der Waals surface area (Å²) in [6.45, 7) is 1.22. The zero-order valence-electron chi connectivity index (χ0n) is 11.5. The topological polar surface area (TPSA) is 75.4 Å². The minimum absolute atomic E-state index is 0.00573. The minimum atomic E-state index is -4.58. The molecule has 0 bridgehead atoms. The lowest BCUT2D eigenvalue weighted by Crippen LogP contribution is -2.29. The van der Waals surface area contributed by atoms with Crippen LogP contribution in [0.5, 0.6) is 0 Å². The van der Waals surface area contributed by atoms with Gasteiger partial charge >= 0.3 is 6.18 Å². The molecule has 1 heterocycles. The average molecular weight is 314 g/mol. The van der Waals surface area contributed by atoms with Gasteiger partial charge in [0.05, 0.1) is 11.7 Å². The number of aliphatic hydroxyl groups excluding tert-OH is 1.